The lowest BCUT2D eigenvalue weighted by molar-refractivity contribution is 0.114. The van der Waals surface area contributed by atoms with Crippen molar-refractivity contribution in [3.05, 3.63) is 24.3 Å². The number of nitrogens with one attached hydrogen (secondary N) is 1. The highest BCUT2D eigenvalue weighted by atomic mass is 32.2. The van der Waals surface area contributed by atoms with Gasteiger partial charge in [0.25, 0.3) is 10.2 Å². The zero-order valence-corrected chi connectivity index (χ0v) is 15.4. The smallest absolute Gasteiger partial charge is 0.410 e. The molecule has 0 bridgehead atoms. The van der Waals surface area contributed by atoms with Gasteiger partial charge in [-0.2, -0.15) is 30.1 Å². The second-order valence-electron chi connectivity index (χ2n) is 5.60. The van der Waals surface area contributed by atoms with E-state index < -0.39 is 16.3 Å². The maximum absolute atomic E-state index is 12.0. The first kappa shape index (κ1) is 20.0. The molecule has 1 aliphatic rings. The van der Waals surface area contributed by atoms with E-state index in [2.05, 4.69) is 23.9 Å². The van der Waals surface area contributed by atoms with Crippen LogP contribution >= 0.6 is 12.6 Å². The van der Waals surface area contributed by atoms with Crippen LogP contribution in [0.25, 0.3) is 0 Å². The molecule has 7 nitrogen and oxygen atoms in total. The van der Waals surface area contributed by atoms with Gasteiger partial charge in [-0.1, -0.05) is 24.3 Å². The summed E-state index contributed by atoms with van der Waals surface area (Å²) in [6.07, 6.45) is 3.68. The molecule has 1 saturated heterocycles. The molecule has 0 aromatic rings. The molecule has 0 aromatic carbocycles. The summed E-state index contributed by atoms with van der Waals surface area (Å²) in [5, 5.41) is 0.0683. The molecule has 1 heterocycles. The lowest BCUT2D eigenvalue weighted by Crippen LogP contribution is -2.37. The van der Waals surface area contributed by atoms with Gasteiger partial charge in [-0.25, -0.2) is 4.79 Å². The van der Waals surface area contributed by atoms with Crippen molar-refractivity contribution in [1.29, 1.82) is 0 Å². The van der Waals surface area contributed by atoms with E-state index in [0.717, 1.165) is 9.88 Å². The number of hydrogen-bond donors (Lipinski definition) is 2. The Kier molecular flexibility index (Phi) is 7.59. The highest BCUT2D eigenvalue weighted by molar-refractivity contribution is 7.87. The Morgan fingerprint density at radius 3 is 2.74 bits per heavy atom. The fourth-order valence-corrected chi connectivity index (χ4v) is 3.21. The summed E-state index contributed by atoms with van der Waals surface area (Å²) in [5.74, 6) is 0. The SMILES string of the molecule is C=CCOC(=O)N1C[C@@H](S)C[C@H]1/C=C(\C)CNS(=O)(=O)N(C)C. The summed E-state index contributed by atoms with van der Waals surface area (Å²) >= 11 is 4.43. The number of hydrogen-bond acceptors (Lipinski definition) is 5. The fraction of sp³-hybridized carbons (Fsp3) is 0.643. The number of carbonyl (C=O) groups is 1. The summed E-state index contributed by atoms with van der Waals surface area (Å²) in [6, 6.07) is -0.154. The predicted molar refractivity (Wildman–Crippen MR) is 93.8 cm³/mol. The van der Waals surface area contributed by atoms with Crippen molar-refractivity contribution >= 4 is 28.9 Å². The minimum absolute atomic E-state index is 0.0683. The van der Waals surface area contributed by atoms with Crippen molar-refractivity contribution < 1.29 is 17.9 Å². The number of thiol groups is 1. The highest BCUT2D eigenvalue weighted by Gasteiger charge is 2.33. The van der Waals surface area contributed by atoms with Gasteiger partial charge in [0, 0.05) is 32.4 Å². The normalized spacial score (nSPS) is 22.5. The molecule has 1 rings (SSSR count). The minimum Gasteiger partial charge on any atom is -0.445 e. The van der Waals surface area contributed by atoms with Crippen LogP contribution in [0.4, 0.5) is 4.79 Å². The van der Waals surface area contributed by atoms with Gasteiger partial charge in [-0.3, -0.25) is 0 Å². The zero-order valence-electron chi connectivity index (χ0n) is 13.7. The number of ether oxygens (including phenoxy) is 1. The Hall–Kier alpha value is -1.03. The quantitative estimate of drug-likeness (QED) is 0.523. The van der Waals surface area contributed by atoms with E-state index in [1.807, 2.05) is 13.0 Å². The summed E-state index contributed by atoms with van der Waals surface area (Å²) in [6.45, 7) is 6.17. The Balaban J connectivity index is 2.70. The van der Waals surface area contributed by atoms with Crippen LogP contribution in [0, 0.1) is 0 Å². The van der Waals surface area contributed by atoms with E-state index in [1.165, 1.54) is 20.2 Å². The average molecular weight is 364 g/mol. The summed E-state index contributed by atoms with van der Waals surface area (Å²) in [7, 11) is -0.549. The molecule has 23 heavy (non-hydrogen) atoms. The van der Waals surface area contributed by atoms with Crippen LogP contribution in [0.5, 0.6) is 0 Å². The minimum atomic E-state index is -3.47. The average Bonchev–Trinajstić information content (AvgIpc) is 2.83. The molecule has 0 spiro atoms. The zero-order chi connectivity index (χ0) is 17.6. The van der Waals surface area contributed by atoms with E-state index in [1.54, 1.807) is 4.90 Å². The molecule has 1 aliphatic heterocycles. The number of likely N-dealkylation sites (tertiary alicyclic amines) is 1. The van der Waals surface area contributed by atoms with E-state index in [-0.39, 0.29) is 24.4 Å². The summed E-state index contributed by atoms with van der Waals surface area (Å²) in [5.41, 5.74) is 0.823. The van der Waals surface area contributed by atoms with Crippen LogP contribution in [0.15, 0.2) is 24.3 Å². The van der Waals surface area contributed by atoms with Crippen LogP contribution in [0.2, 0.25) is 0 Å². The molecule has 1 fully saturated rings. The Morgan fingerprint density at radius 2 is 2.17 bits per heavy atom. The van der Waals surface area contributed by atoms with E-state index in [9.17, 15) is 13.2 Å². The molecule has 2 atom stereocenters. The molecule has 0 saturated carbocycles. The van der Waals surface area contributed by atoms with Crippen molar-refractivity contribution in [3.8, 4) is 0 Å². The Bertz CT molecular complexity index is 560. The second-order valence-corrected chi connectivity index (χ2v) is 8.30. The fourth-order valence-electron chi connectivity index (χ4n) is 2.15. The molecule has 9 heteroatoms. The maximum Gasteiger partial charge on any atom is 0.410 e. The first-order valence-electron chi connectivity index (χ1n) is 7.24. The number of nitrogens with zero attached hydrogens (tertiary/aromatic N) is 2. The largest absolute Gasteiger partial charge is 0.445 e. The van der Waals surface area contributed by atoms with Gasteiger partial charge in [0.15, 0.2) is 0 Å². The number of carbonyl (C=O) groups excluding carboxylic acids is 1. The standard InChI is InChI=1S/C14H25N3O4S2/c1-5-6-21-14(18)17-10-13(22)8-12(17)7-11(2)9-15-23(19,20)16(3)4/h5,7,12-13,15,22H,1,6,8-10H2,2-4H3/b11-7+/t12-,13+/m1/s1. The van der Waals surface area contributed by atoms with Gasteiger partial charge in [-0.05, 0) is 13.3 Å². The van der Waals surface area contributed by atoms with Crippen molar-refractivity contribution in [3.63, 3.8) is 0 Å². The van der Waals surface area contributed by atoms with Crippen molar-refractivity contribution in [2.24, 2.45) is 0 Å². The van der Waals surface area contributed by atoms with Gasteiger partial charge in [0.2, 0.25) is 0 Å². The number of rotatable bonds is 7. The van der Waals surface area contributed by atoms with Gasteiger partial charge in [0.05, 0.1) is 6.04 Å². The first-order chi connectivity index (χ1) is 10.7. The summed E-state index contributed by atoms with van der Waals surface area (Å²) < 4.78 is 32.1. The molecule has 1 amide bonds. The molecular formula is C14H25N3O4S2. The van der Waals surface area contributed by atoms with E-state index >= 15 is 0 Å². The Labute approximate surface area is 143 Å². The maximum atomic E-state index is 12.0. The van der Waals surface area contributed by atoms with Crippen LogP contribution in [0.3, 0.4) is 0 Å². The first-order valence-corrected chi connectivity index (χ1v) is 9.19. The topological polar surface area (TPSA) is 79.0 Å². The predicted octanol–water partition coefficient (Wildman–Crippen LogP) is 1.02. The second kappa shape index (κ2) is 8.72. The number of amides is 1. The molecule has 0 aromatic heterocycles. The molecule has 0 radical (unpaired) electrons. The van der Waals surface area contributed by atoms with Gasteiger partial charge >= 0.3 is 6.09 Å². The van der Waals surface area contributed by atoms with Crippen molar-refractivity contribution in [2.45, 2.75) is 24.6 Å². The molecule has 0 aliphatic carbocycles. The van der Waals surface area contributed by atoms with E-state index in [4.69, 9.17) is 4.74 Å². The lowest BCUT2D eigenvalue weighted by atomic mass is 10.1. The van der Waals surface area contributed by atoms with Crippen LogP contribution < -0.4 is 4.72 Å². The molecule has 132 valence electrons. The molecular weight excluding hydrogens is 338 g/mol. The lowest BCUT2D eigenvalue weighted by Gasteiger charge is -2.22. The monoisotopic (exact) mass is 363 g/mol. The van der Waals surface area contributed by atoms with Gasteiger partial charge < -0.3 is 9.64 Å². The highest BCUT2D eigenvalue weighted by Crippen LogP contribution is 2.24. The third-order valence-electron chi connectivity index (χ3n) is 3.37. The van der Waals surface area contributed by atoms with Gasteiger partial charge in [-0.15, -0.1) is 0 Å². The van der Waals surface area contributed by atoms with Crippen LogP contribution in [0.1, 0.15) is 13.3 Å². The van der Waals surface area contributed by atoms with Gasteiger partial charge in [0.1, 0.15) is 6.61 Å². The Morgan fingerprint density at radius 1 is 1.52 bits per heavy atom. The van der Waals surface area contributed by atoms with Crippen LogP contribution in [-0.2, 0) is 14.9 Å². The van der Waals surface area contributed by atoms with Crippen LogP contribution in [-0.4, -0.2) is 68.8 Å². The third-order valence-corrected chi connectivity index (χ3v) is 5.22. The van der Waals surface area contributed by atoms with Crippen molar-refractivity contribution in [2.75, 3.05) is 33.8 Å². The van der Waals surface area contributed by atoms with E-state index in [0.29, 0.717) is 13.0 Å². The third kappa shape index (κ3) is 6.17. The molecule has 1 N–H and O–H groups in total. The molecule has 0 unspecified atom stereocenters. The summed E-state index contributed by atoms with van der Waals surface area (Å²) in [4.78, 5) is 13.6. The van der Waals surface area contributed by atoms with Crippen molar-refractivity contribution in [1.82, 2.24) is 13.9 Å².